The number of H-pyrrole nitrogens is 1. The minimum Gasteiger partial charge on any atom is -0.491 e. The number of nitrogens with zero attached hydrogens (tertiary/aromatic N) is 2. The van der Waals surface area contributed by atoms with Crippen LogP contribution < -0.4 is 4.74 Å². The first-order valence-corrected chi connectivity index (χ1v) is 9.29. The fourth-order valence-corrected chi connectivity index (χ4v) is 2.96. The summed E-state index contributed by atoms with van der Waals surface area (Å²) < 4.78 is 25.8. The summed E-state index contributed by atoms with van der Waals surface area (Å²) in [4.78, 5) is 3.06. The molecule has 2 aromatic carbocycles. The normalized spacial score (nSPS) is 13.9. The fourth-order valence-electron chi connectivity index (χ4n) is 2.96. The molecule has 1 N–H and O–H groups in total. The predicted octanol–water partition coefficient (Wildman–Crippen LogP) is 4.57. The van der Waals surface area contributed by atoms with Crippen molar-refractivity contribution in [3.63, 3.8) is 0 Å². The Hall–Kier alpha value is -2.73. The van der Waals surface area contributed by atoms with Gasteiger partial charge in [0.1, 0.15) is 35.9 Å². The number of aromatic nitrogens is 3. The molecular weight excluding hydrogens is 357 g/mol. The minimum absolute atomic E-state index is 0.269. The van der Waals surface area contributed by atoms with Gasteiger partial charge >= 0.3 is 0 Å². The average molecular weight is 383 g/mol. The number of hydrogen-bond acceptors (Lipinski definition) is 4. The van der Waals surface area contributed by atoms with Gasteiger partial charge in [-0.05, 0) is 35.2 Å². The van der Waals surface area contributed by atoms with E-state index in [1.54, 1.807) is 18.5 Å². The maximum atomic E-state index is 13.2. The molecule has 0 aliphatic heterocycles. The first-order valence-electron chi connectivity index (χ1n) is 9.29. The third-order valence-corrected chi connectivity index (χ3v) is 4.93. The summed E-state index contributed by atoms with van der Waals surface area (Å²) in [6.07, 6.45) is 2.06. The summed E-state index contributed by atoms with van der Waals surface area (Å²) in [6.45, 7) is 7.07. The summed E-state index contributed by atoms with van der Waals surface area (Å²) in [6, 6.07) is 16.0. The quantitative estimate of drug-likeness (QED) is 0.619. The molecule has 0 spiro atoms. The van der Waals surface area contributed by atoms with Crippen molar-refractivity contribution in [2.75, 3.05) is 6.61 Å². The van der Waals surface area contributed by atoms with Crippen molar-refractivity contribution < 1.29 is 13.9 Å². The molecule has 6 heteroatoms. The van der Waals surface area contributed by atoms with E-state index in [2.05, 4.69) is 36.0 Å². The maximum Gasteiger partial charge on any atom is 0.133 e. The molecule has 0 saturated carbocycles. The van der Waals surface area contributed by atoms with Crippen molar-refractivity contribution in [3.8, 4) is 5.75 Å². The Labute approximate surface area is 164 Å². The molecule has 3 aromatic rings. The van der Waals surface area contributed by atoms with Gasteiger partial charge in [-0.1, -0.05) is 51.1 Å². The Morgan fingerprint density at radius 1 is 1.00 bits per heavy atom. The van der Waals surface area contributed by atoms with Gasteiger partial charge < -0.3 is 14.5 Å². The first kappa shape index (κ1) is 20.0. The zero-order chi connectivity index (χ0) is 20.0. The molecule has 1 aromatic heterocycles. The zero-order valence-corrected chi connectivity index (χ0v) is 16.5. The van der Waals surface area contributed by atoms with Crippen LogP contribution in [0.25, 0.3) is 0 Å². The van der Waals surface area contributed by atoms with Crippen molar-refractivity contribution in [1.29, 1.82) is 0 Å². The average Bonchev–Trinajstić information content (AvgIpc) is 3.18. The second-order valence-corrected chi connectivity index (χ2v) is 7.87. The monoisotopic (exact) mass is 383 g/mol. The van der Waals surface area contributed by atoms with E-state index < -0.39 is 5.60 Å². The third-order valence-electron chi connectivity index (χ3n) is 4.93. The molecule has 1 heterocycles. The van der Waals surface area contributed by atoms with E-state index in [0.29, 0.717) is 18.8 Å². The molecule has 0 bridgehead atoms. The van der Waals surface area contributed by atoms with Crippen LogP contribution in [0.4, 0.5) is 4.39 Å². The largest absolute Gasteiger partial charge is 0.491 e. The zero-order valence-electron chi connectivity index (χ0n) is 16.5. The highest BCUT2D eigenvalue weighted by atomic mass is 19.1. The molecule has 0 amide bonds. The molecule has 5 nitrogen and oxygen atoms in total. The predicted molar refractivity (Wildman–Crippen MR) is 105 cm³/mol. The second kappa shape index (κ2) is 8.52. The molecular formula is C22H26FN3O2. The van der Waals surface area contributed by atoms with Crippen LogP contribution >= 0.6 is 0 Å². The van der Waals surface area contributed by atoms with Crippen LogP contribution in [0.2, 0.25) is 0 Å². The van der Waals surface area contributed by atoms with Gasteiger partial charge in [0.25, 0.3) is 0 Å². The summed E-state index contributed by atoms with van der Waals surface area (Å²) in [5.41, 5.74) is 0.126. The van der Waals surface area contributed by atoms with E-state index >= 15 is 0 Å². The van der Waals surface area contributed by atoms with Crippen molar-refractivity contribution in [1.82, 2.24) is 15.2 Å². The number of nitrogens with one attached hydrogen (secondary N) is 1. The van der Waals surface area contributed by atoms with E-state index in [0.717, 1.165) is 11.4 Å². The number of aromatic amines is 1. The van der Waals surface area contributed by atoms with Crippen LogP contribution in [0, 0.1) is 11.2 Å². The lowest BCUT2D eigenvalue weighted by Crippen LogP contribution is -2.52. The molecule has 3 rings (SSSR count). The Balaban J connectivity index is 1.85. The molecule has 1 unspecified atom stereocenters. The number of ether oxygens (including phenoxy) is 2. The topological polar surface area (TPSA) is 60.0 Å². The first-order chi connectivity index (χ1) is 13.4. The molecule has 0 aliphatic rings. The van der Waals surface area contributed by atoms with Crippen LogP contribution in [0.3, 0.4) is 0 Å². The SMILES string of the molecule is CC(C)(C)C(COc1ccc(F)cc1)(Cc1nnc[nH]1)OCc1ccccc1. The van der Waals surface area contributed by atoms with E-state index in [4.69, 9.17) is 9.47 Å². The highest BCUT2D eigenvalue weighted by Crippen LogP contribution is 2.38. The Bertz CT molecular complexity index is 846. The molecule has 148 valence electrons. The lowest BCUT2D eigenvalue weighted by atomic mass is 9.74. The van der Waals surface area contributed by atoms with Gasteiger partial charge in [-0.15, -0.1) is 10.2 Å². The van der Waals surface area contributed by atoms with E-state index in [1.807, 2.05) is 30.3 Å². The number of halogens is 1. The standard InChI is InChI=1S/C22H26FN3O2/c1-21(2,3)22(13-20-24-16-25-26-20,28-14-17-7-5-4-6-8-17)15-27-19-11-9-18(23)10-12-19/h4-12,16H,13-15H2,1-3H3,(H,24,25,26). The smallest absolute Gasteiger partial charge is 0.133 e. The van der Waals surface area contributed by atoms with Crippen molar-refractivity contribution in [3.05, 3.63) is 78.1 Å². The van der Waals surface area contributed by atoms with E-state index in [1.165, 1.54) is 12.1 Å². The highest BCUT2D eigenvalue weighted by molar-refractivity contribution is 5.22. The van der Waals surface area contributed by atoms with Crippen LogP contribution in [0.1, 0.15) is 32.2 Å². The van der Waals surface area contributed by atoms with Gasteiger partial charge in [-0.3, -0.25) is 0 Å². The Kier molecular flexibility index (Phi) is 6.09. The summed E-state index contributed by atoms with van der Waals surface area (Å²) >= 11 is 0. The molecule has 0 radical (unpaired) electrons. The molecule has 0 aliphatic carbocycles. The Morgan fingerprint density at radius 2 is 1.71 bits per heavy atom. The molecule has 0 fully saturated rings. The van der Waals surface area contributed by atoms with Crippen LogP contribution in [0.5, 0.6) is 5.75 Å². The van der Waals surface area contributed by atoms with Gasteiger partial charge in [-0.25, -0.2) is 4.39 Å². The summed E-state index contributed by atoms with van der Waals surface area (Å²) in [5, 5.41) is 8.04. The van der Waals surface area contributed by atoms with Crippen molar-refractivity contribution in [2.24, 2.45) is 5.41 Å². The lowest BCUT2D eigenvalue weighted by molar-refractivity contribution is -0.147. The Morgan fingerprint density at radius 3 is 2.32 bits per heavy atom. The van der Waals surface area contributed by atoms with Crippen LogP contribution in [0.15, 0.2) is 60.9 Å². The molecule has 28 heavy (non-hydrogen) atoms. The van der Waals surface area contributed by atoms with Crippen molar-refractivity contribution >= 4 is 0 Å². The number of rotatable bonds is 8. The van der Waals surface area contributed by atoms with Gasteiger partial charge in [0.15, 0.2) is 0 Å². The van der Waals surface area contributed by atoms with Gasteiger partial charge in [0, 0.05) is 6.42 Å². The van der Waals surface area contributed by atoms with E-state index in [-0.39, 0.29) is 17.8 Å². The van der Waals surface area contributed by atoms with E-state index in [9.17, 15) is 4.39 Å². The maximum absolute atomic E-state index is 13.2. The van der Waals surface area contributed by atoms with Gasteiger partial charge in [0.05, 0.1) is 6.61 Å². The fraction of sp³-hybridized carbons (Fsp3) is 0.364. The molecule has 0 saturated heterocycles. The summed E-state index contributed by atoms with van der Waals surface area (Å²) in [5.74, 6) is 1.03. The minimum atomic E-state index is -0.684. The second-order valence-electron chi connectivity index (χ2n) is 7.87. The summed E-state index contributed by atoms with van der Waals surface area (Å²) in [7, 11) is 0. The number of benzene rings is 2. The lowest BCUT2D eigenvalue weighted by Gasteiger charge is -2.43. The van der Waals surface area contributed by atoms with Crippen molar-refractivity contribution in [2.45, 2.75) is 39.4 Å². The third kappa shape index (κ3) is 4.95. The number of hydrogen-bond donors (Lipinski definition) is 1. The van der Waals surface area contributed by atoms with Crippen LogP contribution in [-0.4, -0.2) is 27.4 Å². The molecule has 1 atom stereocenters. The van der Waals surface area contributed by atoms with Gasteiger partial charge in [0.2, 0.25) is 0 Å². The van der Waals surface area contributed by atoms with Gasteiger partial charge in [-0.2, -0.15) is 0 Å². The highest BCUT2D eigenvalue weighted by Gasteiger charge is 2.45. The van der Waals surface area contributed by atoms with Crippen LogP contribution in [-0.2, 0) is 17.8 Å².